The second kappa shape index (κ2) is 8.99. The summed E-state index contributed by atoms with van der Waals surface area (Å²) in [6.07, 6.45) is 0.0108. The van der Waals surface area contributed by atoms with Gasteiger partial charge in [0.1, 0.15) is 5.75 Å². The zero-order valence-corrected chi connectivity index (χ0v) is 16.9. The molecule has 0 bridgehead atoms. The van der Waals surface area contributed by atoms with E-state index in [2.05, 4.69) is 5.32 Å². The van der Waals surface area contributed by atoms with Crippen LogP contribution in [0.2, 0.25) is 0 Å². The zero-order valence-electron chi connectivity index (χ0n) is 16.1. The van der Waals surface area contributed by atoms with Crippen molar-refractivity contribution in [2.45, 2.75) is 38.5 Å². The molecular formula is C20H24N2O5S. The number of rotatable bonds is 8. The summed E-state index contributed by atoms with van der Waals surface area (Å²) in [7, 11) is -3.89. The van der Waals surface area contributed by atoms with Crippen molar-refractivity contribution in [1.82, 2.24) is 0 Å². The quantitative estimate of drug-likeness (QED) is 0.656. The number of Topliss-reactive ketones (excluding diaryl/α,β-unsaturated/α-hetero) is 1. The number of sulfonamides is 1. The van der Waals surface area contributed by atoms with Crippen LogP contribution in [0.1, 0.15) is 41.3 Å². The molecule has 8 heteroatoms. The predicted molar refractivity (Wildman–Crippen MR) is 107 cm³/mol. The van der Waals surface area contributed by atoms with E-state index in [1.54, 1.807) is 38.1 Å². The van der Waals surface area contributed by atoms with E-state index in [0.29, 0.717) is 29.2 Å². The summed E-state index contributed by atoms with van der Waals surface area (Å²) < 4.78 is 28.5. The lowest BCUT2D eigenvalue weighted by Gasteiger charge is -2.12. The molecule has 3 N–H and O–H groups in total. The van der Waals surface area contributed by atoms with Gasteiger partial charge in [-0.3, -0.25) is 9.59 Å². The molecule has 150 valence electrons. The number of nitrogens with one attached hydrogen (secondary N) is 1. The Morgan fingerprint density at radius 3 is 2.29 bits per heavy atom. The molecule has 0 aliphatic heterocycles. The first-order chi connectivity index (χ1) is 13.1. The molecule has 0 aliphatic rings. The number of nitrogens with two attached hydrogens (primary N) is 1. The van der Waals surface area contributed by atoms with Gasteiger partial charge >= 0.3 is 0 Å². The highest BCUT2D eigenvalue weighted by Crippen LogP contribution is 2.24. The monoisotopic (exact) mass is 404 g/mol. The number of amides is 1. The van der Waals surface area contributed by atoms with E-state index in [1.807, 2.05) is 6.92 Å². The lowest BCUT2D eigenvalue weighted by Crippen LogP contribution is -2.17. The fraction of sp³-hybridized carbons (Fsp3) is 0.300. The van der Waals surface area contributed by atoms with Crippen molar-refractivity contribution < 1.29 is 22.7 Å². The van der Waals surface area contributed by atoms with Crippen molar-refractivity contribution >= 4 is 27.4 Å². The van der Waals surface area contributed by atoms with Gasteiger partial charge in [0.2, 0.25) is 15.9 Å². The predicted octanol–water partition coefficient (Wildman–Crippen LogP) is 2.95. The third-order valence-corrected chi connectivity index (χ3v) is 5.20. The molecule has 2 rings (SSSR count). The van der Waals surface area contributed by atoms with Crippen LogP contribution in [0.3, 0.4) is 0 Å². The zero-order chi connectivity index (χ0) is 20.9. The first-order valence-electron chi connectivity index (χ1n) is 8.81. The Labute approximate surface area is 164 Å². The van der Waals surface area contributed by atoms with E-state index >= 15 is 0 Å². The first-order valence-corrected chi connectivity index (χ1v) is 10.4. The molecule has 0 spiro atoms. The van der Waals surface area contributed by atoms with Crippen LogP contribution in [0.5, 0.6) is 5.75 Å². The van der Waals surface area contributed by atoms with Crippen LogP contribution in [0.4, 0.5) is 5.69 Å². The highest BCUT2D eigenvalue weighted by molar-refractivity contribution is 7.89. The molecule has 0 saturated heterocycles. The summed E-state index contributed by atoms with van der Waals surface area (Å²) in [5, 5.41) is 7.84. The fourth-order valence-electron chi connectivity index (χ4n) is 2.61. The molecule has 1 amide bonds. The molecule has 0 fully saturated rings. The van der Waals surface area contributed by atoms with Crippen molar-refractivity contribution in [3.05, 3.63) is 53.1 Å². The van der Waals surface area contributed by atoms with Gasteiger partial charge in [-0.15, -0.1) is 0 Å². The third-order valence-electron chi connectivity index (χ3n) is 4.31. The fourth-order valence-corrected chi connectivity index (χ4v) is 3.23. The van der Waals surface area contributed by atoms with Crippen LogP contribution in [0.15, 0.2) is 41.3 Å². The maximum absolute atomic E-state index is 12.3. The lowest BCUT2D eigenvalue weighted by molar-refractivity contribution is -0.116. The Bertz CT molecular complexity index is 982. The summed E-state index contributed by atoms with van der Waals surface area (Å²) in [5.74, 6) is 0.134. The summed E-state index contributed by atoms with van der Waals surface area (Å²) >= 11 is 0. The molecule has 28 heavy (non-hydrogen) atoms. The largest absolute Gasteiger partial charge is 0.494 e. The molecule has 0 radical (unpaired) electrons. The Morgan fingerprint density at radius 1 is 1.07 bits per heavy atom. The summed E-state index contributed by atoms with van der Waals surface area (Å²) in [6, 6.07) is 9.52. The van der Waals surface area contributed by atoms with E-state index in [0.717, 1.165) is 5.56 Å². The maximum Gasteiger partial charge on any atom is 0.238 e. The summed E-state index contributed by atoms with van der Waals surface area (Å²) in [4.78, 5) is 24.4. The molecule has 2 aromatic carbocycles. The minimum Gasteiger partial charge on any atom is -0.494 e. The van der Waals surface area contributed by atoms with Crippen LogP contribution in [0.25, 0.3) is 0 Å². The SMILES string of the molecule is CCOc1ccc(C(=O)CCC(=O)Nc2cc(S(N)(=O)=O)cc(C)c2C)cc1. The van der Waals surface area contributed by atoms with Crippen LogP contribution in [0, 0.1) is 13.8 Å². The van der Waals surface area contributed by atoms with Crippen LogP contribution < -0.4 is 15.2 Å². The number of hydrogen-bond donors (Lipinski definition) is 2. The first kappa shape index (κ1) is 21.6. The van der Waals surface area contributed by atoms with Gasteiger partial charge in [-0.1, -0.05) is 0 Å². The van der Waals surface area contributed by atoms with Crippen molar-refractivity contribution in [2.24, 2.45) is 5.14 Å². The molecule has 7 nitrogen and oxygen atoms in total. The van der Waals surface area contributed by atoms with E-state index < -0.39 is 10.0 Å². The normalized spacial score (nSPS) is 11.1. The molecule has 2 aromatic rings. The second-order valence-electron chi connectivity index (χ2n) is 6.39. The number of hydrogen-bond acceptors (Lipinski definition) is 5. The highest BCUT2D eigenvalue weighted by Gasteiger charge is 2.15. The van der Waals surface area contributed by atoms with Gasteiger partial charge in [-0.05, 0) is 68.3 Å². The molecule has 0 heterocycles. The van der Waals surface area contributed by atoms with Gasteiger partial charge < -0.3 is 10.1 Å². The smallest absolute Gasteiger partial charge is 0.238 e. The number of ketones is 1. The van der Waals surface area contributed by atoms with E-state index in [-0.39, 0.29) is 29.4 Å². The highest BCUT2D eigenvalue weighted by atomic mass is 32.2. The second-order valence-corrected chi connectivity index (χ2v) is 7.95. The molecule has 0 saturated carbocycles. The Balaban J connectivity index is 2.02. The Morgan fingerprint density at radius 2 is 1.71 bits per heavy atom. The molecule has 0 unspecified atom stereocenters. The van der Waals surface area contributed by atoms with E-state index in [9.17, 15) is 18.0 Å². The number of aryl methyl sites for hydroxylation is 1. The van der Waals surface area contributed by atoms with E-state index in [1.165, 1.54) is 12.1 Å². The molecular weight excluding hydrogens is 380 g/mol. The third kappa shape index (κ3) is 5.64. The Kier molecular flexibility index (Phi) is 6.93. The lowest BCUT2D eigenvalue weighted by atomic mass is 10.1. The number of benzene rings is 2. The summed E-state index contributed by atoms with van der Waals surface area (Å²) in [5.41, 5.74) is 2.29. The van der Waals surface area contributed by atoms with Crippen LogP contribution >= 0.6 is 0 Å². The van der Waals surface area contributed by atoms with Crippen molar-refractivity contribution in [3.8, 4) is 5.75 Å². The maximum atomic E-state index is 12.3. The van der Waals surface area contributed by atoms with Gasteiger partial charge in [0, 0.05) is 24.1 Å². The number of ether oxygens (including phenoxy) is 1. The van der Waals surface area contributed by atoms with Crippen molar-refractivity contribution in [2.75, 3.05) is 11.9 Å². The number of primary sulfonamides is 1. The molecule has 0 aliphatic carbocycles. The molecule has 0 atom stereocenters. The van der Waals surface area contributed by atoms with Gasteiger partial charge in [0.05, 0.1) is 11.5 Å². The van der Waals surface area contributed by atoms with E-state index in [4.69, 9.17) is 9.88 Å². The number of carbonyl (C=O) groups is 2. The topological polar surface area (TPSA) is 116 Å². The van der Waals surface area contributed by atoms with Gasteiger partial charge in [-0.2, -0.15) is 0 Å². The van der Waals surface area contributed by atoms with Gasteiger partial charge in [-0.25, -0.2) is 13.6 Å². The van der Waals surface area contributed by atoms with Crippen LogP contribution in [-0.2, 0) is 14.8 Å². The van der Waals surface area contributed by atoms with Gasteiger partial charge in [0.15, 0.2) is 5.78 Å². The average molecular weight is 404 g/mol. The standard InChI is InChI=1S/C20H24N2O5S/c1-4-27-16-7-5-15(6-8-16)19(23)9-10-20(24)22-18-12-17(28(21,25)26)11-13(2)14(18)3/h5-8,11-12H,4,9-10H2,1-3H3,(H,22,24)(H2,21,25,26). The van der Waals surface area contributed by atoms with Crippen molar-refractivity contribution in [3.63, 3.8) is 0 Å². The number of anilines is 1. The molecule has 0 aromatic heterocycles. The average Bonchev–Trinajstić information content (AvgIpc) is 2.63. The Hall–Kier alpha value is -2.71. The van der Waals surface area contributed by atoms with Crippen LogP contribution in [-0.4, -0.2) is 26.7 Å². The van der Waals surface area contributed by atoms with Gasteiger partial charge in [0.25, 0.3) is 0 Å². The summed E-state index contributed by atoms with van der Waals surface area (Å²) in [6.45, 7) is 5.91. The van der Waals surface area contributed by atoms with Crippen molar-refractivity contribution in [1.29, 1.82) is 0 Å². The minimum atomic E-state index is -3.89. The number of carbonyl (C=O) groups excluding carboxylic acids is 2. The minimum absolute atomic E-state index is 0.0237.